The normalized spacial score (nSPS) is 12.2. The number of nitrogens with one attached hydrogen (secondary N) is 1. The molecule has 13 heavy (non-hydrogen) atoms. The van der Waals surface area contributed by atoms with E-state index in [1.807, 2.05) is 6.92 Å². The first-order chi connectivity index (χ1) is 6.09. The summed E-state index contributed by atoms with van der Waals surface area (Å²) in [5.74, 6) is -0.866. The van der Waals surface area contributed by atoms with E-state index in [1.165, 1.54) is 0 Å². The van der Waals surface area contributed by atoms with E-state index in [9.17, 15) is 4.79 Å². The van der Waals surface area contributed by atoms with Crippen molar-refractivity contribution in [2.45, 2.75) is 19.9 Å². The lowest BCUT2D eigenvalue weighted by Gasteiger charge is -2.10. The van der Waals surface area contributed by atoms with Crippen LogP contribution in [0.25, 0.3) is 0 Å². The Labute approximate surface area is 76.6 Å². The number of carbonyl (C=O) groups is 1. The van der Waals surface area contributed by atoms with Gasteiger partial charge >= 0.3 is 5.97 Å². The zero-order valence-electron chi connectivity index (χ0n) is 7.61. The molecule has 0 fully saturated rings. The Morgan fingerprint density at radius 1 is 1.69 bits per heavy atom. The fraction of sp³-hybridized carbons (Fsp3) is 0.333. The number of hydrogen-bond donors (Lipinski definition) is 2. The number of pyridine rings is 1. The summed E-state index contributed by atoms with van der Waals surface area (Å²) < 4.78 is 0. The van der Waals surface area contributed by atoms with Crippen molar-refractivity contribution in [1.82, 2.24) is 4.98 Å². The minimum atomic E-state index is -0.866. The van der Waals surface area contributed by atoms with Gasteiger partial charge in [0.25, 0.3) is 0 Å². The van der Waals surface area contributed by atoms with E-state index >= 15 is 0 Å². The quantitative estimate of drug-likeness (QED) is 0.735. The fourth-order valence-electron chi connectivity index (χ4n) is 0.947. The SMILES string of the molecule is Cc1cc(N[C@@H](C)C(=O)O)ccn1. The molecule has 0 amide bonds. The van der Waals surface area contributed by atoms with Gasteiger partial charge in [-0.05, 0) is 26.0 Å². The molecule has 0 aliphatic rings. The lowest BCUT2D eigenvalue weighted by Crippen LogP contribution is -2.25. The van der Waals surface area contributed by atoms with Crippen LogP contribution in [0.1, 0.15) is 12.6 Å². The van der Waals surface area contributed by atoms with Gasteiger partial charge in [-0.1, -0.05) is 0 Å². The highest BCUT2D eigenvalue weighted by Crippen LogP contribution is 2.08. The molecule has 70 valence electrons. The zero-order valence-corrected chi connectivity index (χ0v) is 7.61. The molecule has 4 nitrogen and oxygen atoms in total. The van der Waals surface area contributed by atoms with Gasteiger partial charge in [0, 0.05) is 17.6 Å². The fourth-order valence-corrected chi connectivity index (χ4v) is 0.947. The van der Waals surface area contributed by atoms with Crippen molar-refractivity contribution in [2.24, 2.45) is 0 Å². The van der Waals surface area contributed by atoms with Crippen molar-refractivity contribution >= 4 is 11.7 Å². The van der Waals surface area contributed by atoms with Crippen molar-refractivity contribution in [2.75, 3.05) is 5.32 Å². The van der Waals surface area contributed by atoms with E-state index in [2.05, 4.69) is 10.3 Å². The summed E-state index contributed by atoms with van der Waals surface area (Å²) in [6, 6.07) is 2.97. The van der Waals surface area contributed by atoms with E-state index in [0.29, 0.717) is 0 Å². The highest BCUT2D eigenvalue weighted by molar-refractivity contribution is 5.76. The van der Waals surface area contributed by atoms with Crippen molar-refractivity contribution < 1.29 is 9.90 Å². The molecule has 1 heterocycles. The smallest absolute Gasteiger partial charge is 0.325 e. The van der Waals surface area contributed by atoms with E-state index in [-0.39, 0.29) is 0 Å². The largest absolute Gasteiger partial charge is 0.480 e. The predicted molar refractivity (Wildman–Crippen MR) is 49.7 cm³/mol. The summed E-state index contributed by atoms with van der Waals surface area (Å²) in [6.07, 6.45) is 1.65. The van der Waals surface area contributed by atoms with Gasteiger partial charge in [0.05, 0.1) is 0 Å². The molecule has 1 atom stereocenters. The topological polar surface area (TPSA) is 62.2 Å². The second kappa shape index (κ2) is 3.89. The first-order valence-electron chi connectivity index (χ1n) is 4.01. The van der Waals surface area contributed by atoms with Crippen LogP contribution < -0.4 is 5.32 Å². The van der Waals surface area contributed by atoms with Crippen molar-refractivity contribution in [3.8, 4) is 0 Å². The molecule has 0 aliphatic carbocycles. The van der Waals surface area contributed by atoms with Crippen LogP contribution in [0.2, 0.25) is 0 Å². The molecule has 1 aromatic rings. The monoisotopic (exact) mass is 180 g/mol. The molecule has 2 N–H and O–H groups in total. The lowest BCUT2D eigenvalue weighted by atomic mass is 10.3. The standard InChI is InChI=1S/C9H12N2O2/c1-6-5-8(3-4-10-6)11-7(2)9(12)13/h3-5,7H,1-2H3,(H,10,11)(H,12,13)/t7-/m0/s1. The summed E-state index contributed by atoms with van der Waals surface area (Å²) in [5.41, 5.74) is 1.64. The average molecular weight is 180 g/mol. The molecule has 4 heteroatoms. The summed E-state index contributed by atoms with van der Waals surface area (Å²) in [6.45, 7) is 3.45. The molecular formula is C9H12N2O2. The minimum Gasteiger partial charge on any atom is -0.480 e. The number of aryl methyl sites for hydroxylation is 1. The Bertz CT molecular complexity index is 312. The number of aromatic nitrogens is 1. The first kappa shape index (κ1) is 9.51. The summed E-state index contributed by atoms with van der Waals surface area (Å²) in [7, 11) is 0. The number of carboxylic acids is 1. The molecule has 0 aromatic carbocycles. The van der Waals surface area contributed by atoms with Crippen LogP contribution >= 0.6 is 0 Å². The van der Waals surface area contributed by atoms with E-state index in [0.717, 1.165) is 11.4 Å². The molecule has 0 spiro atoms. The molecule has 0 radical (unpaired) electrons. The Balaban J connectivity index is 2.69. The number of carboxylic acid groups (broad SMARTS) is 1. The highest BCUT2D eigenvalue weighted by atomic mass is 16.4. The van der Waals surface area contributed by atoms with Crippen LogP contribution in [-0.4, -0.2) is 22.1 Å². The van der Waals surface area contributed by atoms with Crippen LogP contribution in [-0.2, 0) is 4.79 Å². The molecule has 1 aromatic heterocycles. The van der Waals surface area contributed by atoms with E-state index < -0.39 is 12.0 Å². The van der Waals surface area contributed by atoms with Crippen LogP contribution in [0.4, 0.5) is 5.69 Å². The van der Waals surface area contributed by atoms with Crippen LogP contribution in [0.5, 0.6) is 0 Å². The number of nitrogens with zero attached hydrogens (tertiary/aromatic N) is 1. The van der Waals surface area contributed by atoms with Gasteiger partial charge in [-0.3, -0.25) is 9.78 Å². The number of hydrogen-bond acceptors (Lipinski definition) is 3. The van der Waals surface area contributed by atoms with Gasteiger partial charge in [-0.15, -0.1) is 0 Å². The van der Waals surface area contributed by atoms with E-state index in [1.54, 1.807) is 25.3 Å². The second-order valence-corrected chi connectivity index (χ2v) is 2.89. The van der Waals surface area contributed by atoms with Gasteiger partial charge in [0.1, 0.15) is 6.04 Å². The lowest BCUT2D eigenvalue weighted by molar-refractivity contribution is -0.137. The molecule has 0 bridgehead atoms. The van der Waals surface area contributed by atoms with Gasteiger partial charge in [0.2, 0.25) is 0 Å². The zero-order chi connectivity index (χ0) is 9.84. The molecule has 0 saturated heterocycles. The maximum Gasteiger partial charge on any atom is 0.325 e. The van der Waals surface area contributed by atoms with Gasteiger partial charge in [-0.2, -0.15) is 0 Å². The average Bonchev–Trinajstić information content (AvgIpc) is 2.04. The number of rotatable bonds is 3. The summed E-state index contributed by atoms with van der Waals surface area (Å²) in [4.78, 5) is 14.5. The molecular weight excluding hydrogens is 168 g/mol. The van der Waals surface area contributed by atoms with E-state index in [4.69, 9.17) is 5.11 Å². The van der Waals surface area contributed by atoms with Crippen LogP contribution in [0, 0.1) is 6.92 Å². The third kappa shape index (κ3) is 2.74. The van der Waals surface area contributed by atoms with Gasteiger partial charge in [0.15, 0.2) is 0 Å². The van der Waals surface area contributed by atoms with Crippen LogP contribution in [0.3, 0.4) is 0 Å². The van der Waals surface area contributed by atoms with Crippen molar-refractivity contribution in [3.05, 3.63) is 24.0 Å². The van der Waals surface area contributed by atoms with Gasteiger partial charge < -0.3 is 10.4 Å². The Morgan fingerprint density at radius 2 is 2.38 bits per heavy atom. The Hall–Kier alpha value is -1.58. The highest BCUT2D eigenvalue weighted by Gasteiger charge is 2.09. The maximum atomic E-state index is 10.5. The first-order valence-corrected chi connectivity index (χ1v) is 4.01. The molecule has 0 aliphatic heterocycles. The minimum absolute atomic E-state index is 0.582. The third-order valence-corrected chi connectivity index (χ3v) is 1.65. The maximum absolute atomic E-state index is 10.5. The second-order valence-electron chi connectivity index (χ2n) is 2.89. The Kier molecular flexibility index (Phi) is 2.84. The molecule has 1 rings (SSSR count). The van der Waals surface area contributed by atoms with Crippen molar-refractivity contribution in [3.63, 3.8) is 0 Å². The van der Waals surface area contributed by atoms with Crippen LogP contribution in [0.15, 0.2) is 18.3 Å². The Morgan fingerprint density at radius 3 is 2.92 bits per heavy atom. The summed E-state index contributed by atoms with van der Waals surface area (Å²) >= 11 is 0. The van der Waals surface area contributed by atoms with Crippen molar-refractivity contribution in [1.29, 1.82) is 0 Å². The van der Waals surface area contributed by atoms with Gasteiger partial charge in [-0.25, -0.2) is 0 Å². The predicted octanol–water partition coefficient (Wildman–Crippen LogP) is 1.28. The molecule has 0 unspecified atom stereocenters. The molecule has 0 saturated carbocycles. The third-order valence-electron chi connectivity index (χ3n) is 1.65. The summed E-state index contributed by atoms with van der Waals surface area (Å²) in [5, 5.41) is 11.5. The number of aliphatic carboxylic acids is 1. The number of anilines is 1.